The van der Waals surface area contributed by atoms with Crippen molar-refractivity contribution in [3.05, 3.63) is 77.9 Å². The molecule has 0 radical (unpaired) electrons. The lowest BCUT2D eigenvalue weighted by molar-refractivity contribution is 0.583. The highest BCUT2D eigenvalue weighted by molar-refractivity contribution is 7.61. The summed E-state index contributed by atoms with van der Waals surface area (Å²) < 4.78 is 16.5. The highest BCUT2D eigenvalue weighted by atomic mass is 31.2. The van der Waals surface area contributed by atoms with Gasteiger partial charge < -0.3 is 0 Å². The summed E-state index contributed by atoms with van der Waals surface area (Å²) in [7, 11) is -2.49. The molecule has 0 saturated heterocycles. The molecule has 0 saturated carbocycles. The Bertz CT molecular complexity index is 697. The van der Waals surface area contributed by atoms with Crippen LogP contribution in [0.5, 0.6) is 0 Å². The van der Waals surface area contributed by atoms with Gasteiger partial charge in [-0.05, 0) is 24.1 Å². The van der Waals surface area contributed by atoms with Crippen LogP contribution in [0.2, 0.25) is 0 Å². The number of nitrogens with zero attached hydrogens (tertiary/aromatic N) is 1. The number of rotatable bonds is 4. The Morgan fingerprint density at radius 1 is 0.905 bits per heavy atom. The van der Waals surface area contributed by atoms with Crippen LogP contribution in [-0.2, 0) is 4.57 Å². The monoisotopic (exact) mass is 297 g/mol. The molecule has 21 heavy (non-hydrogen) atoms. The summed E-state index contributed by atoms with van der Waals surface area (Å²) in [6, 6.07) is 20.0. The smallest absolute Gasteiger partial charge is 0.184 e. The number of hydrogen-bond acceptors (Lipinski definition) is 1. The van der Waals surface area contributed by atoms with Crippen LogP contribution >= 0.6 is 7.29 Å². The summed E-state index contributed by atoms with van der Waals surface area (Å²) in [6.07, 6.45) is 2.00. The fourth-order valence-corrected chi connectivity index (χ4v) is 2.72. The van der Waals surface area contributed by atoms with Crippen LogP contribution in [-0.4, -0.2) is 19.0 Å². The van der Waals surface area contributed by atoms with Crippen molar-refractivity contribution >= 4 is 18.6 Å². The Balaban J connectivity index is 2.47. The summed E-state index contributed by atoms with van der Waals surface area (Å²) in [5, 5.41) is 0. The van der Waals surface area contributed by atoms with E-state index < -0.39 is 7.29 Å². The van der Waals surface area contributed by atoms with Gasteiger partial charge in [0.05, 0.1) is 5.71 Å². The second kappa shape index (κ2) is 6.69. The molecule has 2 rings (SSSR count). The van der Waals surface area contributed by atoms with Crippen LogP contribution < -0.4 is 0 Å². The van der Waals surface area contributed by atoms with Crippen molar-refractivity contribution in [1.29, 1.82) is 0 Å². The minimum absolute atomic E-state index is 0.769. The van der Waals surface area contributed by atoms with Crippen molar-refractivity contribution < 1.29 is 4.57 Å². The number of benzene rings is 2. The normalized spacial score (nSPS) is 13.3. The Morgan fingerprint density at radius 2 is 1.38 bits per heavy atom. The molecule has 0 amide bonds. The van der Waals surface area contributed by atoms with Gasteiger partial charge in [0.25, 0.3) is 0 Å². The molecule has 3 heteroatoms. The predicted octanol–water partition coefficient (Wildman–Crippen LogP) is 5.12. The first-order valence-corrected chi connectivity index (χ1v) is 9.45. The standard InChI is InChI=1S/C18H20NOP/c1-15(16-10-6-4-7-11-16)14-18(19-21(2,3)20)17-12-8-5-9-13-17/h4-14H,1-3H3/b15-14+,19-18-. The van der Waals surface area contributed by atoms with Crippen LogP contribution in [0.25, 0.3) is 5.57 Å². The minimum Gasteiger partial charge on any atom is -0.299 e. The fraction of sp³-hybridized carbons (Fsp3) is 0.167. The van der Waals surface area contributed by atoms with E-state index in [1.165, 1.54) is 0 Å². The van der Waals surface area contributed by atoms with E-state index in [9.17, 15) is 4.57 Å². The number of hydrogen-bond donors (Lipinski definition) is 0. The molecule has 108 valence electrons. The zero-order valence-corrected chi connectivity index (χ0v) is 13.5. The molecule has 0 fully saturated rings. The molecule has 2 aromatic rings. The number of allylic oxidation sites excluding steroid dienone is 2. The first-order valence-electron chi connectivity index (χ1n) is 6.90. The van der Waals surface area contributed by atoms with Gasteiger partial charge >= 0.3 is 0 Å². The van der Waals surface area contributed by atoms with Crippen molar-refractivity contribution in [3.8, 4) is 0 Å². The topological polar surface area (TPSA) is 29.4 Å². The summed E-state index contributed by atoms with van der Waals surface area (Å²) in [5.74, 6) is 0. The second-order valence-electron chi connectivity index (χ2n) is 5.34. The van der Waals surface area contributed by atoms with Gasteiger partial charge in [-0.25, -0.2) is 4.76 Å². The average Bonchev–Trinajstić information content (AvgIpc) is 2.47. The third-order valence-electron chi connectivity index (χ3n) is 3.00. The van der Waals surface area contributed by atoms with Gasteiger partial charge in [0.2, 0.25) is 0 Å². The Kier molecular flexibility index (Phi) is 4.93. The molecule has 0 bridgehead atoms. The van der Waals surface area contributed by atoms with Crippen LogP contribution in [0.1, 0.15) is 18.1 Å². The molecule has 0 aliphatic heterocycles. The Hall–Kier alpha value is -1.92. The van der Waals surface area contributed by atoms with E-state index in [2.05, 4.69) is 16.9 Å². The summed E-state index contributed by atoms with van der Waals surface area (Å²) >= 11 is 0. The van der Waals surface area contributed by atoms with E-state index in [1.807, 2.05) is 61.5 Å². The maximum absolute atomic E-state index is 12.1. The van der Waals surface area contributed by atoms with Gasteiger partial charge in [-0.3, -0.25) is 4.57 Å². The highest BCUT2D eigenvalue weighted by Crippen LogP contribution is 2.38. The summed E-state index contributed by atoms with van der Waals surface area (Å²) in [5.41, 5.74) is 4.00. The largest absolute Gasteiger partial charge is 0.299 e. The summed E-state index contributed by atoms with van der Waals surface area (Å²) in [6.45, 7) is 5.41. The van der Waals surface area contributed by atoms with E-state index in [-0.39, 0.29) is 0 Å². The molecule has 2 nitrogen and oxygen atoms in total. The van der Waals surface area contributed by atoms with Gasteiger partial charge in [0, 0.05) is 18.9 Å². The van der Waals surface area contributed by atoms with Crippen molar-refractivity contribution in [1.82, 2.24) is 0 Å². The van der Waals surface area contributed by atoms with Crippen molar-refractivity contribution in [2.45, 2.75) is 6.92 Å². The second-order valence-corrected chi connectivity index (χ2v) is 8.13. The van der Waals surface area contributed by atoms with Gasteiger partial charge in [-0.2, -0.15) is 0 Å². The van der Waals surface area contributed by atoms with Crippen LogP contribution in [0.15, 0.2) is 71.5 Å². The van der Waals surface area contributed by atoms with E-state index in [0.29, 0.717) is 0 Å². The molecule has 0 aromatic heterocycles. The summed E-state index contributed by atoms with van der Waals surface area (Å²) in [4.78, 5) is 0. The molecule has 0 spiro atoms. The molecule has 0 heterocycles. The van der Waals surface area contributed by atoms with Crippen LogP contribution in [0.4, 0.5) is 0 Å². The zero-order valence-electron chi connectivity index (χ0n) is 12.7. The predicted molar refractivity (Wildman–Crippen MR) is 92.5 cm³/mol. The molecule has 0 unspecified atom stereocenters. The molecule has 0 atom stereocenters. The molecule has 0 aliphatic rings. The molecule has 0 aliphatic carbocycles. The molecular formula is C18H20NOP. The fourth-order valence-electron chi connectivity index (χ4n) is 2.03. The van der Waals surface area contributed by atoms with Crippen molar-refractivity contribution in [3.63, 3.8) is 0 Å². The third kappa shape index (κ3) is 4.84. The van der Waals surface area contributed by atoms with Crippen molar-refractivity contribution in [2.75, 3.05) is 13.3 Å². The lowest BCUT2D eigenvalue weighted by Crippen LogP contribution is -1.98. The van der Waals surface area contributed by atoms with E-state index in [0.717, 1.165) is 22.4 Å². The minimum atomic E-state index is -2.49. The lowest BCUT2D eigenvalue weighted by atomic mass is 10.0. The Morgan fingerprint density at radius 3 is 1.86 bits per heavy atom. The lowest BCUT2D eigenvalue weighted by Gasteiger charge is -2.08. The van der Waals surface area contributed by atoms with Gasteiger partial charge in [-0.1, -0.05) is 60.7 Å². The van der Waals surface area contributed by atoms with E-state index >= 15 is 0 Å². The Labute approximate surface area is 126 Å². The van der Waals surface area contributed by atoms with Crippen LogP contribution in [0.3, 0.4) is 0 Å². The van der Waals surface area contributed by atoms with Gasteiger partial charge in [0.1, 0.15) is 0 Å². The van der Waals surface area contributed by atoms with E-state index in [4.69, 9.17) is 0 Å². The average molecular weight is 297 g/mol. The maximum Gasteiger partial charge on any atom is 0.184 e. The van der Waals surface area contributed by atoms with E-state index in [1.54, 1.807) is 13.3 Å². The van der Waals surface area contributed by atoms with Crippen LogP contribution in [0, 0.1) is 0 Å². The quantitative estimate of drug-likeness (QED) is 0.569. The maximum atomic E-state index is 12.1. The van der Waals surface area contributed by atoms with Gasteiger partial charge in [-0.15, -0.1) is 0 Å². The van der Waals surface area contributed by atoms with Crippen molar-refractivity contribution in [2.24, 2.45) is 4.76 Å². The third-order valence-corrected chi connectivity index (χ3v) is 3.70. The first kappa shape index (κ1) is 15.5. The molecular weight excluding hydrogens is 277 g/mol. The molecule has 0 N–H and O–H groups in total. The SMILES string of the molecule is C/C(=C\C(=N\P(C)(C)=O)c1ccccc1)c1ccccc1. The first-order chi connectivity index (χ1) is 9.96. The van der Waals surface area contributed by atoms with Gasteiger partial charge in [0.15, 0.2) is 7.29 Å². The zero-order chi connectivity index (χ0) is 15.3. The molecule has 2 aromatic carbocycles. The highest BCUT2D eigenvalue weighted by Gasteiger charge is 2.08.